The second-order valence-electron chi connectivity index (χ2n) is 6.98. The molecule has 2 N–H and O–H groups in total. The van der Waals surface area contributed by atoms with Gasteiger partial charge in [0.1, 0.15) is 12.4 Å². The highest BCUT2D eigenvalue weighted by Crippen LogP contribution is 2.17. The third-order valence-corrected chi connectivity index (χ3v) is 4.51. The van der Waals surface area contributed by atoms with E-state index in [1.807, 2.05) is 18.5 Å². The van der Waals surface area contributed by atoms with E-state index in [4.69, 9.17) is 0 Å². The number of aliphatic imine (C=N–C) groups is 1. The first kappa shape index (κ1) is 18.7. The third-order valence-electron chi connectivity index (χ3n) is 4.51. The molecule has 0 aromatic carbocycles. The van der Waals surface area contributed by atoms with Crippen LogP contribution < -0.4 is 10.6 Å². The van der Waals surface area contributed by atoms with Crippen LogP contribution in [0.5, 0.6) is 0 Å². The van der Waals surface area contributed by atoms with Gasteiger partial charge in [-0.25, -0.2) is 4.99 Å². The number of likely N-dealkylation sites (tertiary alicyclic amines) is 1. The quantitative estimate of drug-likeness (QED) is 0.580. The Kier molecular flexibility index (Phi) is 7.02. The molecular weight excluding hydrogens is 302 g/mol. The number of aromatic nitrogens is 3. The van der Waals surface area contributed by atoms with Gasteiger partial charge in [-0.2, -0.15) is 0 Å². The molecule has 1 atom stereocenters. The van der Waals surface area contributed by atoms with Crippen molar-refractivity contribution >= 4 is 5.96 Å². The molecular formula is C17H33N7. The van der Waals surface area contributed by atoms with Crippen LogP contribution in [-0.2, 0) is 13.6 Å². The molecule has 7 nitrogen and oxygen atoms in total. The van der Waals surface area contributed by atoms with Crippen LogP contribution >= 0.6 is 0 Å². The standard InChI is InChI=1S/C17H33N7/c1-6-18-17(20-11-16-22-21-14(4)23(16)5)19-10-15-8-7-9-24(15)12-13(2)3/h13,15H,6-12H2,1-5H3,(H2,18,19,20)/t15-/m1/s1. The van der Waals surface area contributed by atoms with Crippen molar-refractivity contribution in [2.45, 2.75) is 53.1 Å². The molecule has 0 radical (unpaired) electrons. The van der Waals surface area contributed by atoms with Crippen LogP contribution in [0.4, 0.5) is 0 Å². The summed E-state index contributed by atoms with van der Waals surface area (Å²) in [7, 11) is 1.98. The van der Waals surface area contributed by atoms with E-state index >= 15 is 0 Å². The molecule has 0 bridgehead atoms. The molecule has 1 saturated heterocycles. The highest BCUT2D eigenvalue weighted by molar-refractivity contribution is 5.79. The van der Waals surface area contributed by atoms with Crippen LogP contribution in [0.15, 0.2) is 4.99 Å². The summed E-state index contributed by atoms with van der Waals surface area (Å²) in [6.07, 6.45) is 2.56. The Hall–Kier alpha value is -1.63. The fraction of sp³-hybridized carbons (Fsp3) is 0.824. The number of nitrogens with zero attached hydrogens (tertiary/aromatic N) is 5. The van der Waals surface area contributed by atoms with Crippen LogP contribution in [0.3, 0.4) is 0 Å². The zero-order valence-corrected chi connectivity index (χ0v) is 15.8. The van der Waals surface area contributed by atoms with Gasteiger partial charge in [0, 0.05) is 32.7 Å². The molecule has 0 saturated carbocycles. The molecule has 1 aliphatic heterocycles. The van der Waals surface area contributed by atoms with E-state index in [2.05, 4.69) is 51.5 Å². The summed E-state index contributed by atoms with van der Waals surface area (Å²) in [4.78, 5) is 7.26. The summed E-state index contributed by atoms with van der Waals surface area (Å²) in [6, 6.07) is 0.605. The Morgan fingerprint density at radius 1 is 1.33 bits per heavy atom. The zero-order valence-electron chi connectivity index (χ0n) is 15.8. The molecule has 0 unspecified atom stereocenters. The lowest BCUT2D eigenvalue weighted by Crippen LogP contribution is -2.45. The van der Waals surface area contributed by atoms with Gasteiger partial charge in [0.15, 0.2) is 11.8 Å². The Balaban J connectivity index is 1.90. The molecule has 24 heavy (non-hydrogen) atoms. The van der Waals surface area contributed by atoms with E-state index in [1.165, 1.54) is 25.9 Å². The van der Waals surface area contributed by atoms with E-state index in [0.717, 1.165) is 30.7 Å². The summed E-state index contributed by atoms with van der Waals surface area (Å²) < 4.78 is 1.98. The van der Waals surface area contributed by atoms with Crippen LogP contribution in [0.25, 0.3) is 0 Å². The SMILES string of the molecule is CCNC(=NCc1nnc(C)n1C)NC[C@H]1CCCN1CC(C)C. The number of guanidine groups is 1. The molecule has 0 amide bonds. The van der Waals surface area contributed by atoms with Gasteiger partial charge in [-0.3, -0.25) is 4.90 Å². The van der Waals surface area contributed by atoms with Gasteiger partial charge in [0.25, 0.3) is 0 Å². The van der Waals surface area contributed by atoms with Gasteiger partial charge in [-0.1, -0.05) is 13.8 Å². The summed E-state index contributed by atoms with van der Waals surface area (Å²) in [5, 5.41) is 15.1. The van der Waals surface area contributed by atoms with Crippen molar-refractivity contribution in [3.8, 4) is 0 Å². The molecule has 136 valence electrons. The molecule has 2 rings (SSSR count). The van der Waals surface area contributed by atoms with Crippen LogP contribution in [-0.4, -0.2) is 57.8 Å². The van der Waals surface area contributed by atoms with Crippen molar-refractivity contribution in [3.63, 3.8) is 0 Å². The molecule has 1 aliphatic rings. The van der Waals surface area contributed by atoms with Crippen molar-refractivity contribution in [3.05, 3.63) is 11.6 Å². The van der Waals surface area contributed by atoms with Crippen molar-refractivity contribution in [2.75, 3.05) is 26.2 Å². The predicted molar refractivity (Wildman–Crippen MR) is 98.0 cm³/mol. The van der Waals surface area contributed by atoms with Gasteiger partial charge in [0.05, 0.1) is 0 Å². The van der Waals surface area contributed by atoms with Gasteiger partial charge in [-0.15, -0.1) is 10.2 Å². The topological polar surface area (TPSA) is 70.4 Å². The minimum atomic E-state index is 0.535. The summed E-state index contributed by atoms with van der Waals surface area (Å²) >= 11 is 0. The monoisotopic (exact) mass is 335 g/mol. The highest BCUT2D eigenvalue weighted by Gasteiger charge is 2.24. The normalized spacial score (nSPS) is 19.2. The number of rotatable bonds is 7. The van der Waals surface area contributed by atoms with Crippen molar-refractivity contribution < 1.29 is 0 Å². The number of hydrogen-bond acceptors (Lipinski definition) is 4. The second-order valence-corrected chi connectivity index (χ2v) is 6.98. The lowest BCUT2D eigenvalue weighted by atomic mass is 10.1. The highest BCUT2D eigenvalue weighted by atomic mass is 15.3. The Morgan fingerprint density at radius 3 is 2.75 bits per heavy atom. The maximum absolute atomic E-state index is 4.66. The Labute approximate surface area is 145 Å². The maximum atomic E-state index is 4.66. The molecule has 1 aromatic rings. The number of aryl methyl sites for hydroxylation is 1. The largest absolute Gasteiger partial charge is 0.357 e. The second kappa shape index (κ2) is 9.01. The van der Waals surface area contributed by atoms with Gasteiger partial charge in [-0.05, 0) is 39.2 Å². The lowest BCUT2D eigenvalue weighted by molar-refractivity contribution is 0.226. The first-order valence-electron chi connectivity index (χ1n) is 9.12. The maximum Gasteiger partial charge on any atom is 0.191 e. The predicted octanol–water partition coefficient (Wildman–Crippen LogP) is 1.30. The van der Waals surface area contributed by atoms with E-state index < -0.39 is 0 Å². The van der Waals surface area contributed by atoms with Gasteiger partial charge >= 0.3 is 0 Å². The smallest absolute Gasteiger partial charge is 0.191 e. The Morgan fingerprint density at radius 2 is 2.12 bits per heavy atom. The van der Waals surface area contributed by atoms with Crippen molar-refractivity contribution in [1.82, 2.24) is 30.3 Å². The van der Waals surface area contributed by atoms with E-state index in [1.54, 1.807) is 0 Å². The van der Waals surface area contributed by atoms with E-state index in [0.29, 0.717) is 18.5 Å². The van der Waals surface area contributed by atoms with Crippen LogP contribution in [0.1, 0.15) is 45.3 Å². The molecule has 0 aliphatic carbocycles. The van der Waals surface area contributed by atoms with Crippen LogP contribution in [0, 0.1) is 12.8 Å². The lowest BCUT2D eigenvalue weighted by Gasteiger charge is -2.27. The third kappa shape index (κ3) is 5.19. The summed E-state index contributed by atoms with van der Waals surface area (Å²) in [6.45, 7) is 13.3. The minimum absolute atomic E-state index is 0.535. The minimum Gasteiger partial charge on any atom is -0.357 e. The average Bonchev–Trinajstić information content (AvgIpc) is 3.10. The summed E-state index contributed by atoms with van der Waals surface area (Å²) in [5.74, 6) is 3.36. The first-order chi connectivity index (χ1) is 11.5. The fourth-order valence-corrected chi connectivity index (χ4v) is 3.13. The molecule has 1 aromatic heterocycles. The van der Waals surface area contributed by atoms with Crippen molar-refractivity contribution in [2.24, 2.45) is 18.0 Å². The summed E-state index contributed by atoms with van der Waals surface area (Å²) in [5.41, 5.74) is 0. The molecule has 7 heteroatoms. The van der Waals surface area contributed by atoms with E-state index in [9.17, 15) is 0 Å². The van der Waals surface area contributed by atoms with Crippen molar-refractivity contribution in [1.29, 1.82) is 0 Å². The average molecular weight is 336 g/mol. The van der Waals surface area contributed by atoms with Crippen LogP contribution in [0.2, 0.25) is 0 Å². The number of nitrogens with one attached hydrogen (secondary N) is 2. The zero-order chi connectivity index (χ0) is 17.5. The van der Waals surface area contributed by atoms with Gasteiger partial charge < -0.3 is 15.2 Å². The first-order valence-corrected chi connectivity index (χ1v) is 9.12. The Bertz CT molecular complexity index is 535. The van der Waals surface area contributed by atoms with E-state index in [-0.39, 0.29) is 0 Å². The number of hydrogen-bond donors (Lipinski definition) is 2. The molecule has 1 fully saturated rings. The fourth-order valence-electron chi connectivity index (χ4n) is 3.13. The molecule has 0 spiro atoms. The molecule has 2 heterocycles. The van der Waals surface area contributed by atoms with Gasteiger partial charge in [0.2, 0.25) is 0 Å².